The third-order valence-corrected chi connectivity index (χ3v) is 3.37. The first-order chi connectivity index (χ1) is 8.50. The van der Waals surface area contributed by atoms with Crippen molar-refractivity contribution in [3.05, 3.63) is 24.0 Å². The number of aromatic nitrogens is 2. The normalized spacial score (nSPS) is 12.2. The molecule has 0 bridgehead atoms. The highest BCUT2D eigenvalue weighted by molar-refractivity contribution is 5.76. The lowest BCUT2D eigenvalue weighted by Crippen LogP contribution is -2.18. The van der Waals surface area contributed by atoms with E-state index in [2.05, 4.69) is 23.8 Å². The van der Waals surface area contributed by atoms with E-state index >= 15 is 0 Å². The van der Waals surface area contributed by atoms with Crippen LogP contribution in [0.5, 0.6) is 5.75 Å². The summed E-state index contributed by atoms with van der Waals surface area (Å²) >= 11 is 0. The molecule has 0 radical (unpaired) electrons. The van der Waals surface area contributed by atoms with Gasteiger partial charge in [0.15, 0.2) is 0 Å². The van der Waals surface area contributed by atoms with Crippen LogP contribution in [0.3, 0.4) is 0 Å². The molecule has 0 atom stereocenters. The van der Waals surface area contributed by atoms with E-state index < -0.39 is 0 Å². The number of aromatic hydroxyl groups is 1. The van der Waals surface area contributed by atoms with Crippen LogP contribution in [0.1, 0.15) is 32.5 Å². The van der Waals surface area contributed by atoms with Crippen molar-refractivity contribution < 1.29 is 5.11 Å². The Labute approximate surface area is 107 Å². The molecule has 0 saturated carbocycles. The summed E-state index contributed by atoms with van der Waals surface area (Å²) in [7, 11) is 0. The van der Waals surface area contributed by atoms with Crippen molar-refractivity contribution in [1.29, 1.82) is 0 Å². The van der Waals surface area contributed by atoms with Gasteiger partial charge in [0, 0.05) is 12.5 Å². The lowest BCUT2D eigenvalue weighted by atomic mass is 9.84. The Bertz CT molecular complexity index is 531. The molecular formula is C14H21N3O. The smallest absolute Gasteiger partial charge is 0.117 e. The van der Waals surface area contributed by atoms with Gasteiger partial charge in [-0.15, -0.1) is 0 Å². The minimum atomic E-state index is 0.246. The number of nitrogens with one attached hydrogen (secondary N) is 1. The minimum absolute atomic E-state index is 0.246. The Hall–Kier alpha value is -1.55. The monoisotopic (exact) mass is 247 g/mol. The van der Waals surface area contributed by atoms with Crippen molar-refractivity contribution in [2.45, 2.75) is 33.1 Å². The number of nitrogens with zero attached hydrogens (tertiary/aromatic N) is 1. The summed E-state index contributed by atoms with van der Waals surface area (Å²) < 4.78 is 0. The maximum Gasteiger partial charge on any atom is 0.117 e. The zero-order chi connectivity index (χ0) is 13.2. The number of imidazole rings is 1. The van der Waals surface area contributed by atoms with Crippen molar-refractivity contribution in [1.82, 2.24) is 9.97 Å². The Morgan fingerprint density at radius 1 is 1.33 bits per heavy atom. The fraction of sp³-hybridized carbons (Fsp3) is 0.500. The third kappa shape index (κ3) is 3.01. The summed E-state index contributed by atoms with van der Waals surface area (Å²) in [5.41, 5.74) is 7.65. The number of phenols is 1. The summed E-state index contributed by atoms with van der Waals surface area (Å²) in [5.74, 6) is 1.24. The number of aromatic amines is 1. The summed E-state index contributed by atoms with van der Waals surface area (Å²) in [6.45, 7) is 5.18. The van der Waals surface area contributed by atoms with Crippen LogP contribution in [0.2, 0.25) is 0 Å². The highest BCUT2D eigenvalue weighted by atomic mass is 16.3. The quantitative estimate of drug-likeness (QED) is 0.760. The van der Waals surface area contributed by atoms with Gasteiger partial charge in [0.25, 0.3) is 0 Å². The molecule has 0 aliphatic heterocycles. The highest BCUT2D eigenvalue weighted by Gasteiger charge is 2.17. The molecule has 0 spiro atoms. The standard InChI is InChI=1S/C14H21N3O/c1-14(2,7-8-15)6-5-13-16-11-4-3-10(18)9-12(11)17-13/h3-4,9,18H,5-8,15H2,1-2H3,(H,16,17). The van der Waals surface area contributed by atoms with E-state index in [-0.39, 0.29) is 11.2 Å². The van der Waals surface area contributed by atoms with Gasteiger partial charge in [0.2, 0.25) is 0 Å². The van der Waals surface area contributed by atoms with Gasteiger partial charge in [-0.05, 0) is 36.9 Å². The predicted octanol–water partition coefficient (Wildman–Crippen LogP) is 2.58. The van der Waals surface area contributed by atoms with Gasteiger partial charge in [0.1, 0.15) is 11.6 Å². The number of nitrogens with two attached hydrogens (primary N) is 1. The number of hydrogen-bond acceptors (Lipinski definition) is 3. The van der Waals surface area contributed by atoms with Gasteiger partial charge < -0.3 is 15.8 Å². The molecule has 4 heteroatoms. The van der Waals surface area contributed by atoms with Crippen LogP contribution in [0.15, 0.2) is 18.2 Å². The summed E-state index contributed by atoms with van der Waals surface area (Å²) in [6, 6.07) is 5.19. The molecule has 2 rings (SSSR count). The number of fused-ring (bicyclic) bond motifs is 1. The second kappa shape index (κ2) is 4.98. The molecule has 4 nitrogen and oxygen atoms in total. The summed E-state index contributed by atoms with van der Waals surface area (Å²) in [4.78, 5) is 7.77. The Kier molecular flexibility index (Phi) is 3.57. The average Bonchev–Trinajstić information content (AvgIpc) is 2.68. The van der Waals surface area contributed by atoms with Crippen LogP contribution in [-0.4, -0.2) is 21.6 Å². The maximum atomic E-state index is 9.41. The fourth-order valence-corrected chi connectivity index (χ4v) is 2.14. The van der Waals surface area contributed by atoms with Crippen LogP contribution >= 0.6 is 0 Å². The Morgan fingerprint density at radius 3 is 2.83 bits per heavy atom. The zero-order valence-corrected chi connectivity index (χ0v) is 11.0. The highest BCUT2D eigenvalue weighted by Crippen LogP contribution is 2.26. The maximum absolute atomic E-state index is 9.41. The molecule has 0 aliphatic rings. The number of benzene rings is 1. The molecule has 0 amide bonds. The summed E-state index contributed by atoms with van der Waals surface area (Å²) in [6.07, 6.45) is 2.98. The van der Waals surface area contributed by atoms with Gasteiger partial charge in [-0.1, -0.05) is 13.8 Å². The fourth-order valence-electron chi connectivity index (χ4n) is 2.14. The molecule has 18 heavy (non-hydrogen) atoms. The van der Waals surface area contributed by atoms with E-state index in [9.17, 15) is 5.11 Å². The summed E-state index contributed by atoms with van der Waals surface area (Å²) in [5, 5.41) is 9.41. The van der Waals surface area contributed by atoms with Crippen LogP contribution in [0.4, 0.5) is 0 Å². The van der Waals surface area contributed by atoms with Crippen LogP contribution < -0.4 is 5.73 Å². The van der Waals surface area contributed by atoms with Crippen molar-refractivity contribution in [2.24, 2.45) is 11.1 Å². The van der Waals surface area contributed by atoms with Gasteiger partial charge >= 0.3 is 0 Å². The Morgan fingerprint density at radius 2 is 2.11 bits per heavy atom. The molecule has 0 fully saturated rings. The number of phenolic OH excluding ortho intramolecular Hbond substituents is 1. The van der Waals surface area contributed by atoms with E-state index in [1.807, 2.05) is 6.07 Å². The SMILES string of the molecule is CC(C)(CCN)CCc1nc2ccc(O)cc2[nH]1. The molecule has 0 unspecified atom stereocenters. The number of aryl methyl sites for hydroxylation is 1. The average molecular weight is 247 g/mol. The van der Waals surface area contributed by atoms with Crippen LogP contribution in [0, 0.1) is 5.41 Å². The van der Waals surface area contributed by atoms with Crippen molar-refractivity contribution in [3.63, 3.8) is 0 Å². The van der Waals surface area contributed by atoms with Gasteiger partial charge in [-0.25, -0.2) is 4.98 Å². The number of rotatable bonds is 5. The van der Waals surface area contributed by atoms with E-state index in [1.54, 1.807) is 12.1 Å². The molecule has 4 N–H and O–H groups in total. The van der Waals surface area contributed by atoms with E-state index in [1.165, 1.54) is 0 Å². The van der Waals surface area contributed by atoms with E-state index in [0.717, 1.165) is 42.7 Å². The van der Waals surface area contributed by atoms with Gasteiger partial charge in [-0.2, -0.15) is 0 Å². The first kappa shape index (κ1) is 12.9. The van der Waals surface area contributed by atoms with Gasteiger partial charge in [0.05, 0.1) is 11.0 Å². The van der Waals surface area contributed by atoms with Crippen LogP contribution in [0.25, 0.3) is 11.0 Å². The van der Waals surface area contributed by atoms with Gasteiger partial charge in [-0.3, -0.25) is 0 Å². The lowest BCUT2D eigenvalue weighted by Gasteiger charge is -2.22. The molecule has 1 heterocycles. The van der Waals surface area contributed by atoms with Crippen molar-refractivity contribution in [3.8, 4) is 5.75 Å². The topological polar surface area (TPSA) is 74.9 Å². The first-order valence-electron chi connectivity index (χ1n) is 6.38. The Balaban J connectivity index is 2.08. The van der Waals surface area contributed by atoms with E-state index in [0.29, 0.717) is 0 Å². The minimum Gasteiger partial charge on any atom is -0.508 e. The van der Waals surface area contributed by atoms with Crippen molar-refractivity contribution >= 4 is 11.0 Å². The van der Waals surface area contributed by atoms with E-state index in [4.69, 9.17) is 5.73 Å². The molecule has 0 saturated heterocycles. The zero-order valence-electron chi connectivity index (χ0n) is 11.0. The molecule has 2 aromatic rings. The largest absolute Gasteiger partial charge is 0.508 e. The predicted molar refractivity (Wildman–Crippen MR) is 73.5 cm³/mol. The molecule has 98 valence electrons. The number of hydrogen-bond donors (Lipinski definition) is 3. The molecule has 0 aliphatic carbocycles. The second-order valence-electron chi connectivity index (χ2n) is 5.59. The van der Waals surface area contributed by atoms with Crippen LogP contribution in [-0.2, 0) is 6.42 Å². The van der Waals surface area contributed by atoms with Crippen molar-refractivity contribution in [2.75, 3.05) is 6.54 Å². The third-order valence-electron chi connectivity index (χ3n) is 3.37. The molecule has 1 aromatic heterocycles. The second-order valence-corrected chi connectivity index (χ2v) is 5.59. The first-order valence-corrected chi connectivity index (χ1v) is 6.38. The molecular weight excluding hydrogens is 226 g/mol. The lowest BCUT2D eigenvalue weighted by molar-refractivity contribution is 0.311. The molecule has 1 aromatic carbocycles. The number of H-pyrrole nitrogens is 1.